The third-order valence-electron chi connectivity index (χ3n) is 4.65. The first-order chi connectivity index (χ1) is 14.4. The highest BCUT2D eigenvalue weighted by Gasteiger charge is 2.13. The molecule has 3 aromatic rings. The van der Waals surface area contributed by atoms with Gasteiger partial charge in [-0.3, -0.25) is 5.43 Å². The van der Waals surface area contributed by atoms with E-state index in [9.17, 15) is 5.11 Å². The minimum atomic E-state index is 0.0950. The molecule has 0 atom stereocenters. The standard InChI is InChI=1S/C23H24Br2N4O/c1-4-5-6-16-7-9-17(10-8-16)15(3)28-29-21-11-14(2)26-23(27-21)19-12-18(24)13-20(25)22(19)30/h7-13,30H,4-6H2,1-3H3,(H,26,27,29)/b28-15-. The minimum absolute atomic E-state index is 0.0950. The van der Waals surface area contributed by atoms with E-state index in [-0.39, 0.29) is 5.75 Å². The summed E-state index contributed by atoms with van der Waals surface area (Å²) in [6, 6.07) is 13.9. The Bertz CT molecular complexity index is 1070. The van der Waals surface area contributed by atoms with Crippen molar-refractivity contribution in [3.05, 3.63) is 68.2 Å². The number of nitrogens with one attached hydrogen (secondary N) is 1. The summed E-state index contributed by atoms with van der Waals surface area (Å²) < 4.78 is 1.39. The highest BCUT2D eigenvalue weighted by molar-refractivity contribution is 9.11. The lowest BCUT2D eigenvalue weighted by atomic mass is 10.0. The van der Waals surface area contributed by atoms with Crippen LogP contribution in [0.15, 0.2) is 56.5 Å². The quantitative estimate of drug-likeness (QED) is 0.258. The van der Waals surface area contributed by atoms with Crippen LogP contribution in [0.2, 0.25) is 0 Å². The number of rotatable bonds is 7. The number of hydrazone groups is 1. The first kappa shape index (κ1) is 22.4. The number of phenols is 1. The number of anilines is 1. The van der Waals surface area contributed by atoms with Crippen molar-refractivity contribution in [3.63, 3.8) is 0 Å². The van der Waals surface area contributed by atoms with Crippen molar-refractivity contribution in [1.29, 1.82) is 0 Å². The molecule has 0 spiro atoms. The average molecular weight is 532 g/mol. The molecule has 0 aliphatic heterocycles. The summed E-state index contributed by atoms with van der Waals surface area (Å²) in [7, 11) is 0. The Balaban J connectivity index is 1.82. The van der Waals surface area contributed by atoms with E-state index in [1.54, 1.807) is 12.1 Å². The van der Waals surface area contributed by atoms with E-state index in [0.29, 0.717) is 21.7 Å². The van der Waals surface area contributed by atoms with Gasteiger partial charge in [0.2, 0.25) is 0 Å². The van der Waals surface area contributed by atoms with Gasteiger partial charge in [0.15, 0.2) is 11.6 Å². The van der Waals surface area contributed by atoms with Gasteiger partial charge in [-0.15, -0.1) is 0 Å². The topological polar surface area (TPSA) is 70.4 Å². The zero-order chi connectivity index (χ0) is 21.7. The van der Waals surface area contributed by atoms with Gasteiger partial charge in [-0.2, -0.15) is 5.10 Å². The van der Waals surface area contributed by atoms with Crippen LogP contribution in [-0.4, -0.2) is 20.8 Å². The number of nitrogens with zero attached hydrogens (tertiary/aromatic N) is 3. The molecule has 0 aliphatic carbocycles. The van der Waals surface area contributed by atoms with E-state index >= 15 is 0 Å². The summed E-state index contributed by atoms with van der Waals surface area (Å²) in [6.45, 7) is 6.04. The number of hydrogen-bond donors (Lipinski definition) is 2. The molecular weight excluding hydrogens is 508 g/mol. The summed E-state index contributed by atoms with van der Waals surface area (Å²) >= 11 is 6.79. The van der Waals surface area contributed by atoms with Gasteiger partial charge in [0.1, 0.15) is 5.75 Å². The smallest absolute Gasteiger partial charge is 0.165 e. The zero-order valence-electron chi connectivity index (χ0n) is 17.2. The highest BCUT2D eigenvalue weighted by Crippen LogP contribution is 2.37. The van der Waals surface area contributed by atoms with Crippen LogP contribution in [0.25, 0.3) is 11.4 Å². The molecular formula is C23H24Br2N4O. The molecule has 0 unspecified atom stereocenters. The van der Waals surface area contributed by atoms with E-state index in [1.165, 1.54) is 18.4 Å². The van der Waals surface area contributed by atoms with Crippen LogP contribution >= 0.6 is 31.9 Å². The van der Waals surface area contributed by atoms with E-state index in [1.807, 2.05) is 19.9 Å². The number of aromatic nitrogens is 2. The van der Waals surface area contributed by atoms with E-state index in [2.05, 4.69) is 83.5 Å². The van der Waals surface area contributed by atoms with Gasteiger partial charge < -0.3 is 5.11 Å². The minimum Gasteiger partial charge on any atom is -0.506 e. The molecule has 0 amide bonds. The van der Waals surface area contributed by atoms with Gasteiger partial charge in [-0.1, -0.05) is 53.5 Å². The normalized spacial score (nSPS) is 11.6. The second kappa shape index (κ2) is 10.2. The van der Waals surface area contributed by atoms with Crippen molar-refractivity contribution in [2.45, 2.75) is 40.0 Å². The molecule has 0 bridgehead atoms. The number of phenolic OH excluding ortho intramolecular Hbond substituents is 1. The van der Waals surface area contributed by atoms with Crippen molar-refractivity contribution in [1.82, 2.24) is 9.97 Å². The van der Waals surface area contributed by atoms with Crippen LogP contribution in [-0.2, 0) is 6.42 Å². The SMILES string of the molecule is CCCCc1ccc(/C(C)=N\Nc2cc(C)nc(-c3cc(Br)cc(Br)c3O)n2)cc1. The van der Waals surface area contributed by atoms with E-state index < -0.39 is 0 Å². The molecule has 5 nitrogen and oxygen atoms in total. The third kappa shape index (κ3) is 5.67. The average Bonchev–Trinajstić information content (AvgIpc) is 2.73. The lowest BCUT2D eigenvalue weighted by Crippen LogP contribution is -2.03. The van der Waals surface area contributed by atoms with Crippen LogP contribution in [0, 0.1) is 6.92 Å². The zero-order valence-corrected chi connectivity index (χ0v) is 20.4. The van der Waals surface area contributed by atoms with Gasteiger partial charge in [0, 0.05) is 16.2 Å². The van der Waals surface area contributed by atoms with Crippen molar-refractivity contribution in [3.8, 4) is 17.1 Å². The summed E-state index contributed by atoms with van der Waals surface area (Å²) in [5, 5.41) is 14.9. The Morgan fingerprint density at radius 2 is 1.83 bits per heavy atom. The molecule has 3 rings (SSSR count). The van der Waals surface area contributed by atoms with Crippen molar-refractivity contribution in [2.75, 3.05) is 5.43 Å². The van der Waals surface area contributed by atoms with Crippen molar-refractivity contribution >= 4 is 43.4 Å². The first-order valence-electron chi connectivity index (χ1n) is 9.81. The van der Waals surface area contributed by atoms with E-state index in [4.69, 9.17) is 0 Å². The molecule has 2 N–H and O–H groups in total. The van der Waals surface area contributed by atoms with Gasteiger partial charge >= 0.3 is 0 Å². The molecule has 0 radical (unpaired) electrons. The lowest BCUT2D eigenvalue weighted by molar-refractivity contribution is 0.473. The Morgan fingerprint density at radius 1 is 1.10 bits per heavy atom. The maximum atomic E-state index is 10.4. The molecule has 1 heterocycles. The molecule has 2 aromatic carbocycles. The number of hydrogen-bond acceptors (Lipinski definition) is 5. The van der Waals surface area contributed by atoms with Crippen LogP contribution in [0.4, 0.5) is 5.82 Å². The molecule has 1 aromatic heterocycles. The predicted molar refractivity (Wildman–Crippen MR) is 130 cm³/mol. The van der Waals surface area contributed by atoms with Crippen molar-refractivity contribution in [2.24, 2.45) is 5.10 Å². The second-order valence-electron chi connectivity index (χ2n) is 7.11. The summed E-state index contributed by atoms with van der Waals surface area (Å²) in [4.78, 5) is 8.99. The molecule has 156 valence electrons. The Kier molecular flexibility index (Phi) is 7.61. The van der Waals surface area contributed by atoms with Gasteiger partial charge in [-0.25, -0.2) is 9.97 Å². The third-order valence-corrected chi connectivity index (χ3v) is 5.71. The molecule has 7 heteroatoms. The largest absolute Gasteiger partial charge is 0.506 e. The molecule has 0 aliphatic rings. The highest BCUT2D eigenvalue weighted by atomic mass is 79.9. The van der Waals surface area contributed by atoms with Crippen LogP contribution in [0.5, 0.6) is 5.75 Å². The fourth-order valence-corrected chi connectivity index (χ4v) is 4.21. The number of aromatic hydroxyl groups is 1. The Labute approximate surface area is 193 Å². The summed E-state index contributed by atoms with van der Waals surface area (Å²) in [5.74, 6) is 1.08. The first-order valence-corrected chi connectivity index (χ1v) is 11.4. The number of unbranched alkanes of at least 4 members (excludes halogenated alkanes) is 1. The second-order valence-corrected chi connectivity index (χ2v) is 8.88. The summed E-state index contributed by atoms with van der Waals surface area (Å²) in [6.07, 6.45) is 3.50. The molecule has 0 saturated carbocycles. The fraction of sp³-hybridized carbons (Fsp3) is 0.261. The van der Waals surface area contributed by atoms with Crippen LogP contribution < -0.4 is 5.43 Å². The molecule has 30 heavy (non-hydrogen) atoms. The van der Waals surface area contributed by atoms with Crippen LogP contribution in [0.1, 0.15) is 43.5 Å². The monoisotopic (exact) mass is 530 g/mol. The molecule has 0 saturated heterocycles. The summed E-state index contributed by atoms with van der Waals surface area (Å²) in [5.41, 5.74) is 7.59. The fourth-order valence-electron chi connectivity index (χ4n) is 2.98. The predicted octanol–water partition coefficient (Wildman–Crippen LogP) is 6.86. The van der Waals surface area contributed by atoms with Crippen LogP contribution in [0.3, 0.4) is 0 Å². The van der Waals surface area contributed by atoms with Crippen molar-refractivity contribution < 1.29 is 5.11 Å². The maximum absolute atomic E-state index is 10.4. The van der Waals surface area contributed by atoms with E-state index in [0.717, 1.165) is 27.9 Å². The lowest BCUT2D eigenvalue weighted by Gasteiger charge is -2.10. The maximum Gasteiger partial charge on any atom is 0.165 e. The van der Waals surface area contributed by atoms with Gasteiger partial charge in [0.05, 0.1) is 15.7 Å². The Morgan fingerprint density at radius 3 is 2.53 bits per heavy atom. The Hall–Kier alpha value is -2.25. The number of aryl methyl sites for hydroxylation is 2. The van der Waals surface area contributed by atoms with Gasteiger partial charge in [-0.05, 0) is 65.9 Å². The van der Waals surface area contributed by atoms with Gasteiger partial charge in [0.25, 0.3) is 0 Å². The molecule has 0 fully saturated rings. The number of benzene rings is 2. The number of halogens is 2.